The van der Waals surface area contributed by atoms with Gasteiger partial charge in [-0.05, 0) is 12.8 Å². The fourth-order valence-electron chi connectivity index (χ4n) is 3.91. The molecule has 0 saturated heterocycles. The molecule has 0 saturated carbocycles. The molecule has 0 aromatic rings. The molecule has 0 spiro atoms. The molecule has 0 aromatic heterocycles. The average Bonchev–Trinajstić information content (AvgIpc) is 2.67. The summed E-state index contributed by atoms with van der Waals surface area (Å²) in [7, 11) is -0.879. The Morgan fingerprint density at radius 1 is 0.667 bits per heavy atom. The van der Waals surface area contributed by atoms with Crippen molar-refractivity contribution in [3.05, 3.63) is 0 Å². The third-order valence-corrected chi connectivity index (χ3v) is 11.6. The van der Waals surface area contributed by atoms with Crippen molar-refractivity contribution < 1.29 is 9.90 Å². The molecule has 0 aromatic carbocycles. The Balaban J connectivity index is 0. The van der Waals surface area contributed by atoms with Crippen LogP contribution in [0.25, 0.3) is 0 Å². The van der Waals surface area contributed by atoms with Crippen LogP contribution in [0.5, 0.6) is 0 Å². The quantitative estimate of drug-likeness (QED) is 0.248. The third-order valence-electron chi connectivity index (χ3n) is 5.99. The zero-order valence-electron chi connectivity index (χ0n) is 19.7. The molecule has 1 atom stereocenters. The van der Waals surface area contributed by atoms with Gasteiger partial charge >= 0.3 is 117 Å². The SMILES string of the molecule is CCCCC(CC)C(=O)O.CCCC[PH](CCCC)(CCCC)CCCC. The van der Waals surface area contributed by atoms with Gasteiger partial charge in [-0.2, -0.15) is 0 Å². The minimum absolute atomic E-state index is 0.111. The first kappa shape index (κ1) is 29.1. The number of carboxylic acid groups (broad SMARTS) is 1. The first-order valence-corrected chi connectivity index (χ1v) is 15.0. The summed E-state index contributed by atoms with van der Waals surface area (Å²) in [5, 5.41) is 8.60. The zero-order chi connectivity index (χ0) is 21.0. The normalized spacial score (nSPS) is 13.0. The molecule has 2 nitrogen and oxygen atoms in total. The van der Waals surface area contributed by atoms with Crippen LogP contribution < -0.4 is 0 Å². The van der Waals surface area contributed by atoms with Crippen molar-refractivity contribution in [1.82, 2.24) is 0 Å². The second-order valence-corrected chi connectivity index (χ2v) is 13.5. The molecule has 0 aliphatic heterocycles. The molecule has 0 bridgehead atoms. The van der Waals surface area contributed by atoms with Gasteiger partial charge in [-0.1, -0.05) is 26.7 Å². The van der Waals surface area contributed by atoms with Gasteiger partial charge in [-0.15, -0.1) is 0 Å². The molecule has 0 heterocycles. The molecular formula is C24H53O2P. The molecule has 0 radical (unpaired) electrons. The molecule has 0 aliphatic carbocycles. The second-order valence-electron chi connectivity index (χ2n) is 8.50. The van der Waals surface area contributed by atoms with Crippen molar-refractivity contribution in [3.8, 4) is 0 Å². The van der Waals surface area contributed by atoms with Crippen LogP contribution in [0.3, 0.4) is 0 Å². The van der Waals surface area contributed by atoms with Crippen molar-refractivity contribution in [1.29, 1.82) is 0 Å². The van der Waals surface area contributed by atoms with Crippen LogP contribution in [-0.4, -0.2) is 35.7 Å². The van der Waals surface area contributed by atoms with Gasteiger partial charge in [0.1, 0.15) is 0 Å². The first-order valence-electron chi connectivity index (χ1n) is 12.2. The first-order chi connectivity index (χ1) is 13.0. The molecule has 0 rings (SSSR count). The molecule has 166 valence electrons. The predicted molar refractivity (Wildman–Crippen MR) is 128 cm³/mol. The number of unbranched alkanes of at least 4 members (excludes halogenated alkanes) is 5. The van der Waals surface area contributed by atoms with Crippen LogP contribution in [0.4, 0.5) is 0 Å². The Bertz CT molecular complexity index is 280. The molecule has 0 fully saturated rings. The molecule has 1 unspecified atom stereocenters. The van der Waals surface area contributed by atoms with Gasteiger partial charge < -0.3 is 5.11 Å². The van der Waals surface area contributed by atoms with E-state index in [9.17, 15) is 4.79 Å². The van der Waals surface area contributed by atoms with Gasteiger partial charge in [0.2, 0.25) is 0 Å². The number of aliphatic carboxylic acids is 1. The Morgan fingerprint density at radius 2 is 1.00 bits per heavy atom. The van der Waals surface area contributed by atoms with E-state index < -0.39 is 13.2 Å². The topological polar surface area (TPSA) is 37.3 Å². The van der Waals surface area contributed by atoms with Crippen molar-refractivity contribution in [2.24, 2.45) is 5.92 Å². The third kappa shape index (κ3) is 16.5. The van der Waals surface area contributed by atoms with Crippen molar-refractivity contribution in [3.63, 3.8) is 0 Å². The van der Waals surface area contributed by atoms with E-state index >= 15 is 0 Å². The molecule has 0 amide bonds. The Morgan fingerprint density at radius 3 is 1.22 bits per heavy atom. The van der Waals surface area contributed by atoms with Crippen molar-refractivity contribution in [2.45, 2.75) is 119 Å². The van der Waals surface area contributed by atoms with Crippen LogP contribution in [-0.2, 0) is 4.79 Å². The van der Waals surface area contributed by atoms with Gasteiger partial charge in [-0.3, -0.25) is 4.79 Å². The molecule has 3 heteroatoms. The maximum atomic E-state index is 10.4. The van der Waals surface area contributed by atoms with E-state index in [0.717, 1.165) is 25.7 Å². The number of carbonyl (C=O) groups is 1. The molecule has 27 heavy (non-hydrogen) atoms. The fourth-order valence-corrected chi connectivity index (χ4v) is 9.82. The monoisotopic (exact) mass is 404 g/mol. The van der Waals surface area contributed by atoms with Crippen LogP contribution in [0.15, 0.2) is 0 Å². The van der Waals surface area contributed by atoms with Crippen LogP contribution in [0.1, 0.15) is 119 Å². The number of carboxylic acids is 1. The van der Waals surface area contributed by atoms with E-state index in [1.165, 1.54) is 51.4 Å². The van der Waals surface area contributed by atoms with Gasteiger partial charge in [0.05, 0.1) is 5.92 Å². The molecule has 1 N–H and O–H groups in total. The van der Waals surface area contributed by atoms with Crippen LogP contribution >= 0.6 is 7.26 Å². The van der Waals surface area contributed by atoms with E-state index in [-0.39, 0.29) is 5.92 Å². The molecular weight excluding hydrogens is 351 g/mol. The summed E-state index contributed by atoms with van der Waals surface area (Å²) in [6, 6.07) is 0. The van der Waals surface area contributed by atoms with Gasteiger partial charge in [-0.25, -0.2) is 0 Å². The number of hydrogen-bond donors (Lipinski definition) is 1. The van der Waals surface area contributed by atoms with Crippen molar-refractivity contribution in [2.75, 3.05) is 24.6 Å². The summed E-state index contributed by atoms with van der Waals surface area (Å²) in [6.07, 6.45) is 21.8. The van der Waals surface area contributed by atoms with E-state index in [4.69, 9.17) is 5.11 Å². The summed E-state index contributed by atoms with van der Waals surface area (Å²) in [6.45, 7) is 13.4. The Hall–Kier alpha value is -0.100. The van der Waals surface area contributed by atoms with E-state index in [1.54, 1.807) is 24.6 Å². The Labute approximate surface area is 172 Å². The fraction of sp³-hybridized carbons (Fsp3) is 0.958. The standard InChI is InChI=1S/C16H37P.C8H16O2/c1-5-9-13-17(14-10-6-2,15-11-7-3)16-12-8-4;1-3-5-6-7(4-2)8(9)10/h17H,5-16H2,1-4H3;7H,3-6H2,1-2H3,(H,9,10). The zero-order valence-corrected chi connectivity index (χ0v) is 20.7. The maximum absolute atomic E-state index is 10.4. The van der Waals surface area contributed by atoms with E-state index in [0.29, 0.717) is 0 Å². The van der Waals surface area contributed by atoms with Crippen LogP contribution in [0.2, 0.25) is 0 Å². The predicted octanol–water partition coefficient (Wildman–Crippen LogP) is 8.22. The van der Waals surface area contributed by atoms with Crippen LogP contribution in [0, 0.1) is 5.92 Å². The van der Waals surface area contributed by atoms with E-state index in [1.807, 2.05) is 6.92 Å². The van der Waals surface area contributed by atoms with Gasteiger partial charge in [0.25, 0.3) is 0 Å². The average molecular weight is 405 g/mol. The molecule has 0 aliphatic rings. The van der Waals surface area contributed by atoms with E-state index in [2.05, 4.69) is 34.6 Å². The second kappa shape index (κ2) is 20.6. The van der Waals surface area contributed by atoms with Gasteiger partial charge in [0.15, 0.2) is 0 Å². The summed E-state index contributed by atoms with van der Waals surface area (Å²) in [5.74, 6) is -0.754. The number of hydrogen-bond acceptors (Lipinski definition) is 1. The van der Waals surface area contributed by atoms with Gasteiger partial charge in [0, 0.05) is 0 Å². The number of rotatable bonds is 17. The Kier molecular flexibility index (Phi) is 22.2. The summed E-state index contributed by atoms with van der Waals surface area (Å²) < 4.78 is 0. The minimum atomic E-state index is -0.879. The summed E-state index contributed by atoms with van der Waals surface area (Å²) >= 11 is 0. The van der Waals surface area contributed by atoms with Crippen molar-refractivity contribution >= 4 is 13.2 Å². The summed E-state index contributed by atoms with van der Waals surface area (Å²) in [5.41, 5.74) is 0. The summed E-state index contributed by atoms with van der Waals surface area (Å²) in [4.78, 5) is 10.4.